The Labute approximate surface area is 476 Å². The Morgan fingerprint density at radius 3 is 1.09 bits per heavy atom. The smallest absolute Gasteiger partial charge is 0.338 e. The Kier molecular flexibility index (Phi) is 13.1. The molecule has 16 rings (SSSR count). The van der Waals surface area contributed by atoms with Crippen LogP contribution in [0.3, 0.4) is 0 Å². The van der Waals surface area contributed by atoms with E-state index >= 15 is 0 Å². The largest absolute Gasteiger partial charge is 0.478 e. The number of rotatable bonds is 8. The van der Waals surface area contributed by atoms with Crippen LogP contribution >= 0.6 is 46.4 Å². The minimum atomic E-state index is -1.12. The number of nitrogens with zero attached hydrogens (tertiary/aromatic N) is 2. The molecule has 0 spiro atoms. The monoisotopic (exact) mass is 1130 g/mol. The highest BCUT2D eigenvalue weighted by molar-refractivity contribution is 6.41. The minimum Gasteiger partial charge on any atom is -0.478 e. The van der Waals surface area contributed by atoms with Crippen molar-refractivity contribution < 1.29 is 37.5 Å². The van der Waals surface area contributed by atoms with Crippen molar-refractivity contribution >= 4 is 102 Å². The van der Waals surface area contributed by atoms with Gasteiger partial charge in [-0.25, -0.2) is 19.6 Å². The summed E-state index contributed by atoms with van der Waals surface area (Å²) in [5, 5.41) is 23.6. The molecule has 0 amide bonds. The highest BCUT2D eigenvalue weighted by Crippen LogP contribution is 2.60. The van der Waals surface area contributed by atoms with Crippen LogP contribution in [0.25, 0.3) is 112 Å². The van der Waals surface area contributed by atoms with Crippen molar-refractivity contribution in [3.05, 3.63) is 239 Å². The molecule has 4 aromatic heterocycles. The molecule has 3 aliphatic carbocycles. The van der Waals surface area contributed by atoms with Crippen LogP contribution in [0.5, 0.6) is 0 Å². The normalized spacial score (nSPS) is 13.8. The summed E-state index contributed by atoms with van der Waals surface area (Å²) in [7, 11) is 0. The molecule has 0 radical (unpaired) electrons. The van der Waals surface area contributed by atoms with Gasteiger partial charge in [0.15, 0.2) is 22.7 Å². The molecule has 14 heteroatoms. The van der Waals surface area contributed by atoms with Gasteiger partial charge in [0.25, 0.3) is 11.8 Å². The molecule has 10 nitrogen and oxygen atoms in total. The second-order valence-corrected chi connectivity index (χ2v) is 20.7. The summed E-state index contributed by atoms with van der Waals surface area (Å²) < 4.78 is 27.2. The van der Waals surface area contributed by atoms with Crippen molar-refractivity contribution in [2.24, 2.45) is 0 Å². The van der Waals surface area contributed by atoms with Crippen LogP contribution < -0.4 is 0 Å². The Morgan fingerprint density at radius 2 is 0.725 bits per heavy atom. The van der Waals surface area contributed by atoms with E-state index in [1.807, 2.05) is 146 Å². The first-order valence-corrected chi connectivity index (χ1v) is 27.4. The average Bonchev–Trinajstić information content (AvgIpc) is 2.69. The molecular weight excluding hydrogens is 1090 g/mol. The molecule has 0 fully saturated rings. The number of aromatic carboxylic acids is 2. The summed E-state index contributed by atoms with van der Waals surface area (Å²) in [6.07, 6.45) is 0. The SMILES string of the molecule is ClCCl.ClCCl.O=C(O)c1c(-c2ccccc2)cc(-c2ccccc2)c2oc(-c3cc4ccc5c(c4o3)C3c4ccccc4C5c4ccc5cc(-c6nc7c(C(=O)O)c(-c8ccccc8)cc(-c8ccccc8)c7o6)oc5c43)nc12. The fourth-order valence-corrected chi connectivity index (χ4v) is 11.7. The molecule has 0 atom stereocenters. The van der Waals surface area contributed by atoms with E-state index in [1.165, 1.54) is 5.56 Å². The van der Waals surface area contributed by atoms with Crippen LogP contribution in [-0.2, 0) is 0 Å². The van der Waals surface area contributed by atoms with Gasteiger partial charge in [-0.15, -0.1) is 46.4 Å². The van der Waals surface area contributed by atoms with E-state index in [-0.39, 0.29) is 56.5 Å². The lowest BCUT2D eigenvalue weighted by Gasteiger charge is -2.41. The number of furan rings is 2. The van der Waals surface area contributed by atoms with Crippen molar-refractivity contribution in [3.8, 4) is 67.8 Å². The highest BCUT2D eigenvalue weighted by Gasteiger charge is 2.45. The van der Waals surface area contributed by atoms with Gasteiger partial charge in [-0.05, 0) is 79.9 Å². The number of carboxylic acid groups (broad SMARTS) is 2. The lowest BCUT2D eigenvalue weighted by molar-refractivity contribution is 0.0688. The molecular formula is C66H40Cl4N2O8. The molecule has 0 saturated carbocycles. The van der Waals surface area contributed by atoms with Crippen molar-refractivity contribution in [2.75, 3.05) is 10.7 Å². The standard InChI is InChI=1S/C64H36N2O8.2CH2Cl2/c67-63(68)53-43(33-15-5-1-6-16-33)31-45(35-19-9-3-10-20-35)59-55(53)65-61(73-59)47-29-37-25-27-41-49-39-23-13-14-24-40(39)50(51(41)57(37)71-47)52-42(49)28-26-38-30-48(72-58(38)52)62-66-56-54(64(69)70)44(34-17-7-2-8-18-34)32-46(60(56)74-62)36-21-11-4-12-22-36;2*2-1-3/h1-32,49-50H,(H,67,68)(H,69,70);2*1H2. The number of fused-ring (bicyclic) bond motifs is 4. The molecule has 0 aliphatic heterocycles. The van der Waals surface area contributed by atoms with Crippen molar-refractivity contribution in [1.29, 1.82) is 0 Å². The van der Waals surface area contributed by atoms with E-state index < -0.39 is 11.9 Å². The van der Waals surface area contributed by atoms with E-state index in [0.29, 0.717) is 56.1 Å². The van der Waals surface area contributed by atoms with Crippen LogP contribution in [0.15, 0.2) is 212 Å². The van der Waals surface area contributed by atoms with Crippen LogP contribution in [0.2, 0.25) is 0 Å². The Hall–Kier alpha value is -8.90. The van der Waals surface area contributed by atoms with Crippen LogP contribution in [-0.4, -0.2) is 42.8 Å². The average molecular weight is 1130 g/mol. The fraction of sp³-hybridized carbons (Fsp3) is 0.0606. The van der Waals surface area contributed by atoms with Gasteiger partial charge >= 0.3 is 11.9 Å². The molecule has 2 N–H and O–H groups in total. The lowest BCUT2D eigenvalue weighted by atomic mass is 9.60. The Morgan fingerprint density at radius 1 is 0.388 bits per heavy atom. The van der Waals surface area contributed by atoms with E-state index in [4.69, 9.17) is 74.0 Å². The maximum Gasteiger partial charge on any atom is 0.338 e. The predicted octanol–water partition coefficient (Wildman–Crippen LogP) is 18.7. The minimum absolute atomic E-state index is 0.0375. The summed E-state index contributed by atoms with van der Waals surface area (Å²) in [4.78, 5) is 36.3. The maximum atomic E-state index is 13.2. The first-order chi connectivity index (χ1) is 39.2. The third-order valence-corrected chi connectivity index (χ3v) is 14.9. The Balaban J connectivity index is 0.000000967. The maximum absolute atomic E-state index is 13.2. The summed E-state index contributed by atoms with van der Waals surface area (Å²) in [5.74, 6) is -1.70. The predicted molar refractivity (Wildman–Crippen MR) is 316 cm³/mol. The third kappa shape index (κ3) is 8.33. The number of oxazole rings is 2. The molecule has 80 heavy (non-hydrogen) atoms. The van der Waals surface area contributed by atoms with E-state index in [9.17, 15) is 19.8 Å². The number of benzene rings is 9. The number of aromatic nitrogens is 2. The second-order valence-electron chi connectivity index (χ2n) is 19.1. The molecule has 9 aromatic carbocycles. The van der Waals surface area contributed by atoms with E-state index in [2.05, 4.69) is 48.5 Å². The topological polar surface area (TPSA) is 153 Å². The number of carbonyl (C=O) groups is 2. The zero-order chi connectivity index (χ0) is 54.8. The fourth-order valence-electron chi connectivity index (χ4n) is 11.7. The first-order valence-electron chi connectivity index (χ1n) is 25.3. The third-order valence-electron chi connectivity index (χ3n) is 14.9. The summed E-state index contributed by atoms with van der Waals surface area (Å²) in [6, 6.07) is 62.9. The number of halogens is 4. The molecule has 390 valence electrons. The number of alkyl halides is 4. The van der Waals surface area contributed by atoms with Gasteiger partial charge in [0.2, 0.25) is 0 Å². The van der Waals surface area contributed by atoms with E-state index in [1.54, 1.807) is 0 Å². The summed E-state index contributed by atoms with van der Waals surface area (Å²) in [6.45, 7) is 0. The van der Waals surface area contributed by atoms with Crippen LogP contribution in [0.1, 0.15) is 65.9 Å². The zero-order valence-corrected chi connectivity index (χ0v) is 44.8. The molecule has 2 bridgehead atoms. The number of hydrogen-bond donors (Lipinski definition) is 2. The molecule has 0 saturated heterocycles. The molecule has 4 heterocycles. The quantitative estimate of drug-likeness (QED) is 0.141. The van der Waals surface area contributed by atoms with Gasteiger partial charge in [0.05, 0.1) is 21.8 Å². The van der Waals surface area contributed by atoms with Gasteiger partial charge in [0.1, 0.15) is 22.2 Å². The second kappa shape index (κ2) is 20.7. The van der Waals surface area contributed by atoms with Crippen molar-refractivity contribution in [1.82, 2.24) is 9.97 Å². The lowest BCUT2D eigenvalue weighted by Crippen LogP contribution is -2.27. The Bertz CT molecular complexity index is 4290. The molecule has 3 aliphatic rings. The van der Waals surface area contributed by atoms with Gasteiger partial charge in [0, 0.05) is 44.9 Å². The van der Waals surface area contributed by atoms with Gasteiger partial charge < -0.3 is 27.9 Å². The van der Waals surface area contributed by atoms with Crippen molar-refractivity contribution in [3.63, 3.8) is 0 Å². The molecule has 0 unspecified atom stereocenters. The van der Waals surface area contributed by atoms with Crippen LogP contribution in [0, 0.1) is 0 Å². The number of carboxylic acids is 2. The van der Waals surface area contributed by atoms with Gasteiger partial charge in [-0.1, -0.05) is 170 Å². The van der Waals surface area contributed by atoms with Crippen molar-refractivity contribution in [2.45, 2.75) is 11.8 Å². The van der Waals surface area contributed by atoms with Gasteiger partial charge in [-0.2, -0.15) is 0 Å². The summed E-state index contributed by atoms with van der Waals surface area (Å²) in [5.41, 5.74) is 14.7. The number of hydrogen-bond acceptors (Lipinski definition) is 8. The zero-order valence-electron chi connectivity index (χ0n) is 41.8. The highest BCUT2D eigenvalue weighted by atomic mass is 35.5. The summed E-state index contributed by atoms with van der Waals surface area (Å²) >= 11 is 19.1. The van der Waals surface area contributed by atoms with E-state index in [0.717, 1.165) is 60.8 Å². The van der Waals surface area contributed by atoms with Gasteiger partial charge in [-0.3, -0.25) is 0 Å². The molecule has 13 aromatic rings. The van der Waals surface area contributed by atoms with Crippen LogP contribution in [0.4, 0.5) is 0 Å². The first kappa shape index (κ1) is 50.6.